The average molecular weight is 282 g/mol. The molecule has 0 saturated carbocycles. The van der Waals surface area contributed by atoms with Gasteiger partial charge in [0.05, 0.1) is 18.0 Å². The van der Waals surface area contributed by atoms with E-state index >= 15 is 0 Å². The van der Waals surface area contributed by atoms with E-state index in [1.54, 1.807) is 6.08 Å². The number of carbonyl (C=O) groups is 1. The van der Waals surface area contributed by atoms with E-state index in [2.05, 4.69) is 11.1 Å². The molecule has 1 radical (unpaired) electrons. The average Bonchev–Trinajstić information content (AvgIpc) is 2.99. The summed E-state index contributed by atoms with van der Waals surface area (Å²) in [6.07, 6.45) is 8.14. The van der Waals surface area contributed by atoms with Crippen LogP contribution in [-0.2, 0) is 9.53 Å². The number of allylic oxidation sites excluding steroid dienone is 1. The van der Waals surface area contributed by atoms with Gasteiger partial charge in [-0.15, -0.1) is 0 Å². The van der Waals surface area contributed by atoms with Crippen molar-refractivity contribution >= 4 is 30.4 Å². The molecule has 0 N–H and O–H groups in total. The Morgan fingerprint density at radius 1 is 1.52 bits per heavy atom. The first kappa shape index (κ1) is 15.7. The third kappa shape index (κ3) is 4.98. The van der Waals surface area contributed by atoms with E-state index < -0.39 is 0 Å². The minimum absolute atomic E-state index is 0.0847. The van der Waals surface area contributed by atoms with Gasteiger partial charge in [0.25, 0.3) is 0 Å². The van der Waals surface area contributed by atoms with Crippen LogP contribution in [0.3, 0.4) is 0 Å². The summed E-state index contributed by atoms with van der Waals surface area (Å²) < 4.78 is 5.50. The molecule has 0 spiro atoms. The van der Waals surface area contributed by atoms with Gasteiger partial charge in [-0.1, -0.05) is 30.5 Å². The molecule has 1 aromatic rings. The van der Waals surface area contributed by atoms with Crippen LogP contribution in [0.5, 0.6) is 0 Å². The maximum atomic E-state index is 11.7. The van der Waals surface area contributed by atoms with Crippen molar-refractivity contribution in [3.05, 3.63) is 35.9 Å². The van der Waals surface area contributed by atoms with Gasteiger partial charge in [0.2, 0.25) is 0 Å². The lowest BCUT2D eigenvalue weighted by molar-refractivity contribution is -0.108. The number of aryl methyl sites for hydroxylation is 1. The van der Waals surface area contributed by atoms with Gasteiger partial charge >= 0.3 is 0 Å². The lowest BCUT2D eigenvalue weighted by Crippen LogP contribution is -2.09. The second-order valence-corrected chi connectivity index (χ2v) is 5.27. The molecule has 0 aromatic heterocycles. The molecule has 1 unspecified atom stereocenters. The van der Waals surface area contributed by atoms with E-state index in [-0.39, 0.29) is 11.9 Å². The molecule has 1 heterocycles. The summed E-state index contributed by atoms with van der Waals surface area (Å²) in [5.41, 5.74) is 3.06. The van der Waals surface area contributed by atoms with Crippen LogP contribution < -0.4 is 5.46 Å². The summed E-state index contributed by atoms with van der Waals surface area (Å²) >= 11 is 0. The maximum Gasteiger partial charge on any atom is 0.196 e. The van der Waals surface area contributed by atoms with E-state index in [0.717, 1.165) is 42.6 Å². The third-order valence-electron chi connectivity index (χ3n) is 3.59. The van der Waals surface area contributed by atoms with Crippen molar-refractivity contribution in [1.82, 2.24) is 0 Å². The molecule has 1 aromatic carbocycles. The molecule has 4 heteroatoms. The Morgan fingerprint density at radius 2 is 2.38 bits per heavy atom. The van der Waals surface area contributed by atoms with E-state index in [1.165, 1.54) is 6.21 Å². The molecule has 109 valence electrons. The summed E-state index contributed by atoms with van der Waals surface area (Å²) in [6, 6.07) is 5.99. The number of ether oxygens (including phenoxy) is 1. The molecule has 1 aliphatic rings. The van der Waals surface area contributed by atoms with Crippen LogP contribution >= 0.6 is 0 Å². The molecular weight excluding hydrogens is 261 g/mol. The van der Waals surface area contributed by atoms with Crippen LogP contribution in [0, 0.1) is 6.92 Å². The lowest BCUT2D eigenvalue weighted by Gasteiger charge is -2.03. The highest BCUT2D eigenvalue weighted by Crippen LogP contribution is 2.16. The molecular formula is C17H21BNO2. The van der Waals surface area contributed by atoms with Crippen molar-refractivity contribution in [2.24, 2.45) is 4.99 Å². The van der Waals surface area contributed by atoms with Crippen LogP contribution in [0.1, 0.15) is 24.8 Å². The zero-order valence-corrected chi connectivity index (χ0v) is 12.7. The van der Waals surface area contributed by atoms with Gasteiger partial charge in [0.15, 0.2) is 5.78 Å². The summed E-state index contributed by atoms with van der Waals surface area (Å²) in [5.74, 6) is -0.0847. The van der Waals surface area contributed by atoms with E-state index in [9.17, 15) is 4.79 Å². The molecule has 1 atom stereocenters. The number of aliphatic imine (C=N–C) groups is 1. The van der Waals surface area contributed by atoms with Gasteiger partial charge in [-0.25, -0.2) is 0 Å². The quantitative estimate of drug-likeness (QED) is 0.457. The monoisotopic (exact) mass is 282 g/mol. The number of hydrogen-bond acceptors (Lipinski definition) is 3. The molecule has 0 amide bonds. The molecule has 21 heavy (non-hydrogen) atoms. The molecule has 0 bridgehead atoms. The molecule has 1 fully saturated rings. The number of nitrogens with zero attached hydrogens (tertiary/aromatic N) is 1. The topological polar surface area (TPSA) is 38.7 Å². The van der Waals surface area contributed by atoms with Gasteiger partial charge in [0, 0.05) is 6.61 Å². The van der Waals surface area contributed by atoms with Gasteiger partial charge in [-0.2, -0.15) is 0 Å². The number of hydrogen-bond donors (Lipinski definition) is 0. The molecule has 1 aliphatic heterocycles. The highest BCUT2D eigenvalue weighted by Gasteiger charge is 2.13. The van der Waals surface area contributed by atoms with Gasteiger partial charge in [-0.05, 0) is 43.9 Å². The van der Waals surface area contributed by atoms with Crippen molar-refractivity contribution in [3.63, 3.8) is 0 Å². The Hall–Kier alpha value is -1.68. The highest BCUT2D eigenvalue weighted by atomic mass is 16.5. The van der Waals surface area contributed by atoms with E-state index in [1.807, 2.05) is 39.2 Å². The van der Waals surface area contributed by atoms with Crippen LogP contribution in [0.15, 0.2) is 35.3 Å². The van der Waals surface area contributed by atoms with Crippen LogP contribution in [0.4, 0.5) is 5.69 Å². The zero-order chi connectivity index (χ0) is 15.1. The van der Waals surface area contributed by atoms with Gasteiger partial charge in [-0.3, -0.25) is 9.79 Å². The molecule has 3 nitrogen and oxygen atoms in total. The normalized spacial score (nSPS) is 18.7. The Kier molecular flexibility index (Phi) is 5.94. The van der Waals surface area contributed by atoms with Crippen molar-refractivity contribution in [2.75, 3.05) is 6.61 Å². The first-order valence-corrected chi connectivity index (χ1v) is 7.45. The van der Waals surface area contributed by atoms with E-state index in [0.29, 0.717) is 0 Å². The van der Waals surface area contributed by atoms with Crippen molar-refractivity contribution in [2.45, 2.75) is 39.1 Å². The van der Waals surface area contributed by atoms with Crippen molar-refractivity contribution < 1.29 is 9.53 Å². The predicted octanol–water partition coefficient (Wildman–Crippen LogP) is 2.77. The third-order valence-corrected chi connectivity index (χ3v) is 3.59. The molecule has 1 saturated heterocycles. The zero-order valence-electron chi connectivity index (χ0n) is 12.7. The summed E-state index contributed by atoms with van der Waals surface area (Å²) in [7, 11) is 2.04. The maximum absolute atomic E-state index is 11.7. The Balaban J connectivity index is 1.87. The minimum atomic E-state index is -0.0847. The first-order valence-electron chi connectivity index (χ1n) is 7.45. The van der Waals surface area contributed by atoms with Crippen molar-refractivity contribution in [1.29, 1.82) is 0 Å². The smallest absolute Gasteiger partial charge is 0.196 e. The standard InChI is InChI=1S/C17H21BNO2/c1-13-11-14(18-2)8-9-17(13)19-12-15(20)5-3-6-16-7-4-10-21-16/h3,5,8-9,11-12,16H,4,6-7,10H2,1-2H3/b5-3-,19-12?. The van der Waals surface area contributed by atoms with Gasteiger partial charge in [0.1, 0.15) is 7.28 Å². The largest absolute Gasteiger partial charge is 0.378 e. The van der Waals surface area contributed by atoms with Crippen LogP contribution in [0.2, 0.25) is 6.82 Å². The van der Waals surface area contributed by atoms with E-state index in [4.69, 9.17) is 4.74 Å². The summed E-state index contributed by atoms with van der Waals surface area (Å²) in [4.78, 5) is 16.0. The SMILES string of the molecule is C[B]c1ccc(N=CC(=O)/C=C\CC2CCCO2)c(C)c1. The number of carbonyl (C=O) groups excluding carboxylic acids is 1. The number of ketones is 1. The fraction of sp³-hybridized carbons (Fsp3) is 0.412. The number of benzene rings is 1. The predicted molar refractivity (Wildman–Crippen MR) is 88.3 cm³/mol. The molecule has 0 aliphatic carbocycles. The summed E-state index contributed by atoms with van der Waals surface area (Å²) in [6.45, 7) is 4.84. The number of rotatable bonds is 6. The Labute approximate surface area is 127 Å². The highest BCUT2D eigenvalue weighted by molar-refractivity contribution is 6.51. The van der Waals surface area contributed by atoms with Gasteiger partial charge < -0.3 is 4.74 Å². The second kappa shape index (κ2) is 7.94. The first-order chi connectivity index (χ1) is 10.2. The lowest BCUT2D eigenvalue weighted by atomic mass is 9.73. The molecule has 2 rings (SSSR count). The minimum Gasteiger partial charge on any atom is -0.378 e. The fourth-order valence-corrected chi connectivity index (χ4v) is 2.35. The Morgan fingerprint density at radius 3 is 3.05 bits per heavy atom. The Bertz CT molecular complexity index is 546. The van der Waals surface area contributed by atoms with Crippen LogP contribution in [-0.4, -0.2) is 32.0 Å². The second-order valence-electron chi connectivity index (χ2n) is 5.27. The van der Waals surface area contributed by atoms with Crippen LogP contribution in [0.25, 0.3) is 0 Å². The fourth-order valence-electron chi connectivity index (χ4n) is 2.35. The summed E-state index contributed by atoms with van der Waals surface area (Å²) in [5, 5.41) is 0. The van der Waals surface area contributed by atoms with Crippen molar-refractivity contribution in [3.8, 4) is 0 Å².